The summed E-state index contributed by atoms with van der Waals surface area (Å²) >= 11 is 0. The number of aliphatic hydroxyl groups is 1. The van der Waals surface area contributed by atoms with Crippen molar-refractivity contribution >= 4 is 17.4 Å². The monoisotopic (exact) mass is 441 g/mol. The maximum Gasteiger partial charge on any atom is 0.241 e. The van der Waals surface area contributed by atoms with Gasteiger partial charge in [-0.2, -0.15) is 0 Å². The predicted octanol–water partition coefficient (Wildman–Crippen LogP) is 2.54. The molecule has 1 aromatic carbocycles. The number of methoxy groups -OCH3 is 1. The van der Waals surface area contributed by atoms with Crippen molar-refractivity contribution in [1.82, 2.24) is 14.9 Å². The van der Waals surface area contributed by atoms with Crippen LogP contribution in [0, 0.1) is 13.8 Å². The Labute approximate surface area is 190 Å². The largest absolute Gasteiger partial charge is 0.496 e. The molecule has 32 heavy (non-hydrogen) atoms. The van der Waals surface area contributed by atoms with Gasteiger partial charge in [-0.3, -0.25) is 9.69 Å². The molecule has 0 radical (unpaired) electrons. The Kier molecular flexibility index (Phi) is 8.04. The zero-order chi connectivity index (χ0) is 23.3. The first kappa shape index (κ1) is 23.9. The third-order valence-corrected chi connectivity index (χ3v) is 5.89. The second-order valence-corrected chi connectivity index (χ2v) is 8.45. The maximum atomic E-state index is 12.5. The van der Waals surface area contributed by atoms with E-state index in [9.17, 15) is 9.90 Å². The molecule has 1 amide bonds. The van der Waals surface area contributed by atoms with Crippen LogP contribution in [0.3, 0.4) is 0 Å². The summed E-state index contributed by atoms with van der Waals surface area (Å²) < 4.78 is 5.70. The second kappa shape index (κ2) is 10.7. The zero-order valence-corrected chi connectivity index (χ0v) is 19.8. The first-order valence-corrected chi connectivity index (χ1v) is 11.2. The number of hydrogen-bond acceptors (Lipinski definition) is 7. The molecule has 1 fully saturated rings. The number of nitrogens with zero attached hydrogens (tertiary/aromatic N) is 4. The van der Waals surface area contributed by atoms with E-state index in [1.54, 1.807) is 7.11 Å². The third kappa shape index (κ3) is 5.55. The Morgan fingerprint density at radius 1 is 1.25 bits per heavy atom. The van der Waals surface area contributed by atoms with Gasteiger partial charge in [0.25, 0.3) is 0 Å². The molecule has 3 rings (SSSR count). The van der Waals surface area contributed by atoms with Gasteiger partial charge in [0.1, 0.15) is 17.4 Å². The minimum atomic E-state index is -0.0556. The van der Waals surface area contributed by atoms with E-state index in [1.165, 1.54) is 0 Å². The Hall–Kier alpha value is -2.71. The van der Waals surface area contributed by atoms with E-state index < -0.39 is 0 Å². The van der Waals surface area contributed by atoms with Crippen LogP contribution >= 0.6 is 0 Å². The van der Waals surface area contributed by atoms with Crippen molar-refractivity contribution in [1.29, 1.82) is 0 Å². The lowest BCUT2D eigenvalue weighted by atomic mass is 10.0. The lowest BCUT2D eigenvalue weighted by Gasteiger charge is -2.32. The first-order chi connectivity index (χ1) is 15.4. The average Bonchev–Trinajstić information content (AvgIpc) is 2.76. The van der Waals surface area contributed by atoms with Gasteiger partial charge in [0.2, 0.25) is 5.91 Å². The number of likely N-dealkylation sites (N-methyl/N-ethyl adjacent to an activating group) is 1. The van der Waals surface area contributed by atoms with Gasteiger partial charge in [-0.05, 0) is 38.9 Å². The minimum Gasteiger partial charge on any atom is -0.496 e. The van der Waals surface area contributed by atoms with Crippen molar-refractivity contribution in [2.75, 3.05) is 50.6 Å². The molecule has 0 aliphatic carbocycles. The SMILES string of the molecule is CCC[C@@H](CO)Nc1nc(C)nc(C)c1Cc1ccc(N2CCN(C)CC2=O)cc1OC. The van der Waals surface area contributed by atoms with Crippen LogP contribution < -0.4 is 15.0 Å². The number of aryl methyl sites for hydroxylation is 2. The topological polar surface area (TPSA) is 90.8 Å². The van der Waals surface area contributed by atoms with Gasteiger partial charge in [-0.25, -0.2) is 9.97 Å². The van der Waals surface area contributed by atoms with E-state index in [0.717, 1.165) is 53.5 Å². The molecule has 0 unspecified atom stereocenters. The number of piperazine rings is 1. The van der Waals surface area contributed by atoms with Crippen LogP contribution in [0.2, 0.25) is 0 Å². The van der Waals surface area contributed by atoms with Crippen LogP contribution in [0.5, 0.6) is 5.75 Å². The zero-order valence-electron chi connectivity index (χ0n) is 19.8. The number of aromatic nitrogens is 2. The molecule has 1 aromatic heterocycles. The molecule has 0 bridgehead atoms. The van der Waals surface area contributed by atoms with E-state index in [1.807, 2.05) is 48.9 Å². The number of hydrogen-bond donors (Lipinski definition) is 2. The van der Waals surface area contributed by atoms with Gasteiger partial charge < -0.3 is 20.1 Å². The van der Waals surface area contributed by atoms with Crippen molar-refractivity contribution in [3.05, 3.63) is 40.8 Å². The number of carbonyl (C=O) groups excluding carboxylic acids is 1. The average molecular weight is 442 g/mol. The Bertz CT molecular complexity index is 949. The summed E-state index contributed by atoms with van der Waals surface area (Å²) in [5.41, 5.74) is 3.72. The molecule has 1 atom stereocenters. The maximum absolute atomic E-state index is 12.5. The number of amides is 1. The highest BCUT2D eigenvalue weighted by atomic mass is 16.5. The highest BCUT2D eigenvalue weighted by Gasteiger charge is 2.24. The molecule has 0 saturated carbocycles. The molecule has 2 N–H and O–H groups in total. The highest BCUT2D eigenvalue weighted by molar-refractivity contribution is 5.95. The Morgan fingerprint density at radius 2 is 2.03 bits per heavy atom. The molecular weight excluding hydrogens is 406 g/mol. The van der Waals surface area contributed by atoms with Gasteiger partial charge in [0.15, 0.2) is 0 Å². The van der Waals surface area contributed by atoms with E-state index in [0.29, 0.717) is 25.3 Å². The van der Waals surface area contributed by atoms with Crippen LogP contribution in [0.1, 0.15) is 42.4 Å². The summed E-state index contributed by atoms with van der Waals surface area (Å²) in [6.45, 7) is 7.92. The smallest absolute Gasteiger partial charge is 0.241 e. The molecule has 1 aliphatic heterocycles. The van der Waals surface area contributed by atoms with Crippen molar-refractivity contribution < 1.29 is 14.6 Å². The van der Waals surface area contributed by atoms with E-state index in [-0.39, 0.29) is 18.6 Å². The quantitative estimate of drug-likeness (QED) is 0.618. The number of nitrogens with one attached hydrogen (secondary N) is 1. The van der Waals surface area contributed by atoms with Crippen LogP contribution in [-0.2, 0) is 11.2 Å². The normalized spacial score (nSPS) is 15.7. The minimum absolute atomic E-state index is 0.0481. The number of rotatable bonds is 9. The molecule has 2 aromatic rings. The predicted molar refractivity (Wildman–Crippen MR) is 127 cm³/mol. The van der Waals surface area contributed by atoms with Crippen LogP contribution in [0.15, 0.2) is 18.2 Å². The molecular formula is C24H35N5O3. The van der Waals surface area contributed by atoms with E-state index >= 15 is 0 Å². The summed E-state index contributed by atoms with van der Waals surface area (Å²) in [7, 11) is 3.60. The fraction of sp³-hybridized carbons (Fsp3) is 0.542. The molecule has 8 nitrogen and oxygen atoms in total. The molecule has 0 spiro atoms. The standard InChI is InChI=1S/C24H35N5O3/c1-6-7-19(15-30)27-24-21(16(2)25-17(3)26-24)12-18-8-9-20(13-22(18)32-5)29-11-10-28(4)14-23(29)31/h8-9,13,19,30H,6-7,10-12,14-15H2,1-5H3,(H,25,26,27)/t19-/m0/s1. The van der Waals surface area contributed by atoms with Gasteiger partial charge in [0.05, 0.1) is 26.3 Å². The molecule has 1 aliphatic rings. The van der Waals surface area contributed by atoms with Gasteiger partial charge >= 0.3 is 0 Å². The van der Waals surface area contributed by atoms with Gasteiger partial charge in [0, 0.05) is 42.5 Å². The van der Waals surface area contributed by atoms with Crippen molar-refractivity contribution in [2.45, 2.75) is 46.1 Å². The van der Waals surface area contributed by atoms with E-state index in [4.69, 9.17) is 4.74 Å². The molecule has 174 valence electrons. The van der Waals surface area contributed by atoms with E-state index in [2.05, 4.69) is 22.2 Å². The van der Waals surface area contributed by atoms with Crippen LogP contribution in [0.25, 0.3) is 0 Å². The second-order valence-electron chi connectivity index (χ2n) is 8.45. The number of aliphatic hydroxyl groups excluding tert-OH is 1. The number of carbonyl (C=O) groups is 1. The fourth-order valence-corrected chi connectivity index (χ4v) is 4.12. The third-order valence-electron chi connectivity index (χ3n) is 5.89. The summed E-state index contributed by atoms with van der Waals surface area (Å²) in [5, 5.41) is 13.2. The summed E-state index contributed by atoms with van der Waals surface area (Å²) in [6, 6.07) is 5.87. The van der Waals surface area contributed by atoms with Crippen molar-refractivity contribution in [3.63, 3.8) is 0 Å². The number of ether oxygens (including phenoxy) is 1. The van der Waals surface area contributed by atoms with Crippen LogP contribution in [-0.4, -0.2) is 72.3 Å². The lowest BCUT2D eigenvalue weighted by molar-refractivity contribution is -0.120. The number of benzene rings is 1. The Morgan fingerprint density at radius 3 is 2.69 bits per heavy atom. The lowest BCUT2D eigenvalue weighted by Crippen LogP contribution is -2.48. The first-order valence-electron chi connectivity index (χ1n) is 11.2. The highest BCUT2D eigenvalue weighted by Crippen LogP contribution is 2.31. The fourth-order valence-electron chi connectivity index (χ4n) is 4.12. The molecule has 2 heterocycles. The molecule has 8 heteroatoms. The van der Waals surface area contributed by atoms with Crippen molar-refractivity contribution in [3.8, 4) is 5.75 Å². The Balaban J connectivity index is 1.90. The van der Waals surface area contributed by atoms with Crippen LogP contribution in [0.4, 0.5) is 11.5 Å². The summed E-state index contributed by atoms with van der Waals surface area (Å²) in [5.74, 6) is 2.27. The van der Waals surface area contributed by atoms with Gasteiger partial charge in [-0.15, -0.1) is 0 Å². The molecule has 1 saturated heterocycles. The van der Waals surface area contributed by atoms with Crippen molar-refractivity contribution in [2.24, 2.45) is 0 Å². The van der Waals surface area contributed by atoms with Gasteiger partial charge in [-0.1, -0.05) is 19.4 Å². The summed E-state index contributed by atoms with van der Waals surface area (Å²) in [6.07, 6.45) is 2.41. The summed E-state index contributed by atoms with van der Waals surface area (Å²) in [4.78, 5) is 25.5. The number of anilines is 2.